The highest BCUT2D eigenvalue weighted by Crippen LogP contribution is 2.19. The number of hydrogen-bond acceptors (Lipinski definition) is 3. The molecule has 0 heterocycles. The zero-order valence-corrected chi connectivity index (χ0v) is 10.7. The van der Waals surface area contributed by atoms with Gasteiger partial charge in [0, 0.05) is 10.0 Å². The number of amides is 1. The van der Waals surface area contributed by atoms with E-state index < -0.39 is 18.0 Å². The van der Waals surface area contributed by atoms with Crippen LogP contribution in [0, 0.1) is 6.92 Å². The van der Waals surface area contributed by atoms with Gasteiger partial charge in [0.1, 0.15) is 0 Å². The Labute approximate surface area is 107 Å². The molecule has 0 bridgehead atoms. The van der Waals surface area contributed by atoms with Crippen LogP contribution in [-0.4, -0.2) is 34.7 Å². The summed E-state index contributed by atoms with van der Waals surface area (Å²) in [5, 5.41) is 19.8. The van der Waals surface area contributed by atoms with Gasteiger partial charge in [-0.1, -0.05) is 22.0 Å². The van der Waals surface area contributed by atoms with Gasteiger partial charge in [0.25, 0.3) is 5.91 Å². The molecule has 5 nitrogen and oxygen atoms in total. The van der Waals surface area contributed by atoms with Gasteiger partial charge in [-0.2, -0.15) is 0 Å². The van der Waals surface area contributed by atoms with Crippen LogP contribution in [0.25, 0.3) is 0 Å². The van der Waals surface area contributed by atoms with Crippen molar-refractivity contribution in [2.75, 3.05) is 6.54 Å². The highest BCUT2D eigenvalue weighted by Gasteiger charge is 2.16. The number of carbonyl (C=O) groups excluding carboxylic acids is 1. The lowest BCUT2D eigenvalue weighted by Gasteiger charge is -2.10. The van der Waals surface area contributed by atoms with Crippen LogP contribution >= 0.6 is 15.9 Å². The second-order valence-corrected chi connectivity index (χ2v) is 4.33. The monoisotopic (exact) mass is 301 g/mol. The summed E-state index contributed by atoms with van der Waals surface area (Å²) in [6.45, 7) is 1.45. The fourth-order valence-corrected chi connectivity index (χ4v) is 1.59. The van der Waals surface area contributed by atoms with Crippen LogP contribution in [0.3, 0.4) is 0 Å². The number of aliphatic hydroxyl groups is 1. The van der Waals surface area contributed by atoms with Crippen molar-refractivity contribution in [2.45, 2.75) is 13.0 Å². The van der Waals surface area contributed by atoms with E-state index >= 15 is 0 Å². The van der Waals surface area contributed by atoms with Crippen molar-refractivity contribution in [3.63, 3.8) is 0 Å². The molecule has 0 aromatic heterocycles. The lowest BCUT2D eigenvalue weighted by molar-refractivity contribution is -0.146. The third kappa shape index (κ3) is 3.54. The van der Waals surface area contributed by atoms with Gasteiger partial charge in [0.2, 0.25) is 0 Å². The van der Waals surface area contributed by atoms with Gasteiger partial charge in [-0.3, -0.25) is 4.79 Å². The Kier molecular flexibility index (Phi) is 4.65. The zero-order chi connectivity index (χ0) is 13.0. The van der Waals surface area contributed by atoms with Crippen molar-refractivity contribution >= 4 is 27.8 Å². The van der Waals surface area contributed by atoms with Crippen LogP contribution in [0.1, 0.15) is 15.9 Å². The Bertz CT molecular complexity index is 447. The van der Waals surface area contributed by atoms with Crippen molar-refractivity contribution in [1.82, 2.24) is 5.32 Å². The summed E-state index contributed by atoms with van der Waals surface area (Å²) < 4.78 is 0.795. The standard InChI is InChI=1S/C11H12BrNO4/c1-6-7(3-2-4-8(6)12)10(15)13-5-9(14)11(16)17/h2-4,9,14H,5H2,1H3,(H,13,15)(H,16,17). The maximum atomic E-state index is 11.7. The average Bonchev–Trinajstić information content (AvgIpc) is 2.29. The van der Waals surface area contributed by atoms with Crippen LogP contribution in [0.5, 0.6) is 0 Å². The number of carboxylic acids is 1. The molecule has 3 N–H and O–H groups in total. The van der Waals surface area contributed by atoms with E-state index in [9.17, 15) is 9.59 Å². The molecule has 0 saturated carbocycles. The van der Waals surface area contributed by atoms with Crippen LogP contribution < -0.4 is 5.32 Å². The lowest BCUT2D eigenvalue weighted by atomic mass is 10.1. The molecule has 1 aromatic rings. The topological polar surface area (TPSA) is 86.6 Å². The van der Waals surface area contributed by atoms with Crippen molar-refractivity contribution < 1.29 is 19.8 Å². The first-order valence-corrected chi connectivity index (χ1v) is 5.67. The molecule has 0 spiro atoms. The van der Waals surface area contributed by atoms with Gasteiger partial charge < -0.3 is 15.5 Å². The Balaban J connectivity index is 2.71. The zero-order valence-electron chi connectivity index (χ0n) is 9.11. The number of carboxylic acid groups (broad SMARTS) is 1. The number of benzene rings is 1. The third-order valence-corrected chi connectivity index (χ3v) is 3.11. The Hall–Kier alpha value is -1.40. The number of rotatable bonds is 4. The third-order valence-electron chi connectivity index (χ3n) is 2.25. The molecule has 17 heavy (non-hydrogen) atoms. The molecular formula is C11H12BrNO4. The normalized spacial score (nSPS) is 11.9. The van der Waals surface area contributed by atoms with E-state index in [-0.39, 0.29) is 6.54 Å². The maximum Gasteiger partial charge on any atom is 0.334 e. The smallest absolute Gasteiger partial charge is 0.334 e. The molecule has 0 radical (unpaired) electrons. The van der Waals surface area contributed by atoms with Gasteiger partial charge >= 0.3 is 5.97 Å². The summed E-state index contributed by atoms with van der Waals surface area (Å²) in [6.07, 6.45) is -1.59. The fraction of sp³-hybridized carbons (Fsp3) is 0.273. The molecule has 0 aliphatic carbocycles. The fourth-order valence-electron chi connectivity index (χ4n) is 1.23. The van der Waals surface area contributed by atoms with Gasteiger partial charge in [0.15, 0.2) is 6.10 Å². The molecule has 1 unspecified atom stereocenters. The largest absolute Gasteiger partial charge is 0.479 e. The van der Waals surface area contributed by atoms with Crippen LogP contribution in [0.2, 0.25) is 0 Å². The summed E-state index contributed by atoms with van der Waals surface area (Å²) in [6, 6.07) is 5.14. The first kappa shape index (κ1) is 13.7. The van der Waals surface area contributed by atoms with E-state index in [4.69, 9.17) is 10.2 Å². The van der Waals surface area contributed by atoms with Gasteiger partial charge in [-0.15, -0.1) is 0 Å². The molecule has 1 atom stereocenters. The molecule has 92 valence electrons. The lowest BCUT2D eigenvalue weighted by Crippen LogP contribution is -2.36. The SMILES string of the molecule is Cc1c(Br)cccc1C(=O)NCC(O)C(=O)O. The molecule has 0 saturated heterocycles. The van der Waals surface area contributed by atoms with E-state index in [1.54, 1.807) is 25.1 Å². The summed E-state index contributed by atoms with van der Waals surface area (Å²) in [5.74, 6) is -1.78. The van der Waals surface area contributed by atoms with Crippen molar-refractivity contribution in [2.24, 2.45) is 0 Å². The Morgan fingerprint density at radius 3 is 2.71 bits per heavy atom. The van der Waals surface area contributed by atoms with E-state index in [0.29, 0.717) is 5.56 Å². The van der Waals surface area contributed by atoms with Crippen molar-refractivity contribution in [3.05, 3.63) is 33.8 Å². The van der Waals surface area contributed by atoms with E-state index in [0.717, 1.165) is 10.0 Å². The average molecular weight is 302 g/mol. The van der Waals surface area contributed by atoms with E-state index in [2.05, 4.69) is 21.2 Å². The molecule has 1 amide bonds. The van der Waals surface area contributed by atoms with Gasteiger partial charge in [-0.25, -0.2) is 4.79 Å². The highest BCUT2D eigenvalue weighted by molar-refractivity contribution is 9.10. The number of hydrogen-bond donors (Lipinski definition) is 3. The number of aliphatic carboxylic acids is 1. The first-order chi connectivity index (χ1) is 7.93. The number of nitrogens with one attached hydrogen (secondary N) is 1. The predicted molar refractivity (Wildman–Crippen MR) is 64.9 cm³/mol. The number of aliphatic hydroxyl groups excluding tert-OH is 1. The number of halogens is 1. The summed E-state index contributed by atoms with van der Waals surface area (Å²) >= 11 is 3.29. The van der Waals surface area contributed by atoms with Crippen LogP contribution in [-0.2, 0) is 4.79 Å². The molecule has 1 aromatic carbocycles. The molecular weight excluding hydrogens is 290 g/mol. The second-order valence-electron chi connectivity index (χ2n) is 3.48. The van der Waals surface area contributed by atoms with Gasteiger partial charge in [0.05, 0.1) is 6.54 Å². The number of carbonyl (C=O) groups is 2. The van der Waals surface area contributed by atoms with E-state index in [1.165, 1.54) is 0 Å². The van der Waals surface area contributed by atoms with Crippen LogP contribution in [0.4, 0.5) is 0 Å². The van der Waals surface area contributed by atoms with Crippen LogP contribution in [0.15, 0.2) is 22.7 Å². The van der Waals surface area contributed by atoms with Crippen molar-refractivity contribution in [3.8, 4) is 0 Å². The maximum absolute atomic E-state index is 11.7. The van der Waals surface area contributed by atoms with Crippen molar-refractivity contribution in [1.29, 1.82) is 0 Å². The predicted octanol–water partition coefficient (Wildman–Crippen LogP) is 0.933. The summed E-state index contributed by atoms with van der Waals surface area (Å²) in [5.41, 5.74) is 1.20. The first-order valence-electron chi connectivity index (χ1n) is 4.87. The Morgan fingerprint density at radius 2 is 2.12 bits per heavy atom. The minimum Gasteiger partial charge on any atom is -0.479 e. The van der Waals surface area contributed by atoms with E-state index in [1.807, 2.05) is 0 Å². The second kappa shape index (κ2) is 5.79. The summed E-state index contributed by atoms with van der Waals surface area (Å²) in [7, 11) is 0. The molecule has 0 aliphatic heterocycles. The van der Waals surface area contributed by atoms with Gasteiger partial charge in [-0.05, 0) is 24.6 Å². The molecule has 0 aliphatic rings. The molecule has 1 rings (SSSR count). The highest BCUT2D eigenvalue weighted by atomic mass is 79.9. The molecule has 6 heteroatoms. The Morgan fingerprint density at radius 1 is 1.47 bits per heavy atom. The quantitative estimate of drug-likeness (QED) is 0.772. The summed E-state index contributed by atoms with van der Waals surface area (Å²) in [4.78, 5) is 22.1. The minimum atomic E-state index is -1.59. The molecule has 0 fully saturated rings. The minimum absolute atomic E-state index is 0.319.